The minimum absolute atomic E-state index is 0.0221. The molecule has 0 spiro atoms. The molecular weight excluding hydrogens is 689 g/mol. The zero-order valence-electron chi connectivity index (χ0n) is 30.0. The molecule has 0 radical (unpaired) electrons. The van der Waals surface area contributed by atoms with Crippen molar-refractivity contribution < 1.29 is 19.1 Å². The number of alkyl carbamates (subject to hydrolysis) is 1. The number of amides is 2. The summed E-state index contributed by atoms with van der Waals surface area (Å²) in [7, 11) is 0. The van der Waals surface area contributed by atoms with Gasteiger partial charge >= 0.3 is 6.09 Å². The van der Waals surface area contributed by atoms with E-state index in [1.54, 1.807) is 19.2 Å². The monoisotopic (exact) mass is 737 g/mol. The molecule has 6 rings (SSSR count). The molecule has 0 atom stereocenters. The van der Waals surface area contributed by atoms with E-state index < -0.39 is 5.60 Å². The van der Waals surface area contributed by atoms with Crippen LogP contribution in [-0.4, -0.2) is 95.3 Å². The van der Waals surface area contributed by atoms with Crippen LogP contribution < -0.4 is 20.3 Å². The topological polar surface area (TPSA) is 112 Å². The third kappa shape index (κ3) is 10.7. The van der Waals surface area contributed by atoms with Gasteiger partial charge in [0.05, 0.1) is 11.9 Å². The summed E-state index contributed by atoms with van der Waals surface area (Å²) in [4.78, 5) is 40.3. The van der Waals surface area contributed by atoms with Crippen molar-refractivity contribution in [3.05, 3.63) is 64.3 Å². The van der Waals surface area contributed by atoms with Crippen molar-refractivity contribution in [2.45, 2.75) is 77.6 Å². The van der Waals surface area contributed by atoms with Gasteiger partial charge in [-0.1, -0.05) is 23.2 Å². The Hall–Kier alpha value is -3.64. The number of benzene rings is 1. The number of nitrogens with one attached hydrogen (secondary N) is 2. The van der Waals surface area contributed by atoms with Crippen LogP contribution in [0.2, 0.25) is 10.0 Å². The second-order valence-electron chi connectivity index (χ2n) is 15.0. The lowest BCUT2D eigenvalue weighted by atomic mass is 9.85. The summed E-state index contributed by atoms with van der Waals surface area (Å²) in [5.41, 5.74) is 2.13. The van der Waals surface area contributed by atoms with Crippen LogP contribution in [0.1, 0.15) is 58.9 Å². The van der Waals surface area contributed by atoms with E-state index in [0.29, 0.717) is 33.6 Å². The Morgan fingerprint density at radius 2 is 1.65 bits per heavy atom. The number of likely N-dealkylation sites (tertiary alicyclic amines) is 1. The van der Waals surface area contributed by atoms with Gasteiger partial charge in [-0.25, -0.2) is 14.8 Å². The Balaban J connectivity index is 1.05. The molecule has 3 fully saturated rings. The molecular formula is C38H49Cl2N7O4. The molecule has 4 heterocycles. The molecule has 1 aromatic carbocycles. The van der Waals surface area contributed by atoms with Crippen LogP contribution in [0, 0.1) is 5.92 Å². The van der Waals surface area contributed by atoms with E-state index in [-0.39, 0.29) is 18.0 Å². The molecule has 0 bridgehead atoms. The van der Waals surface area contributed by atoms with Gasteiger partial charge in [-0.3, -0.25) is 14.6 Å². The number of ether oxygens (including phenoxy) is 2. The standard InChI is InChI=1S/C38H49Cl2N7O4/c1-25(48)41-22-26-7-9-45(10-8-26)24-27-15-34(28-17-29(39)19-30(40)18-28)44-36(16-27)50-33-5-6-35(42-23-33)47-13-11-46(12-14-47)32-20-31(21-32)43-37(49)51-38(2,3)4/h5-6,15-19,23,26,31-32H,7-14,20-22,24H2,1-4H3,(H,41,48)(H,43,49). The highest BCUT2D eigenvalue weighted by Gasteiger charge is 2.36. The first-order chi connectivity index (χ1) is 24.3. The predicted molar refractivity (Wildman–Crippen MR) is 201 cm³/mol. The number of nitrogens with zero attached hydrogens (tertiary/aromatic N) is 5. The summed E-state index contributed by atoms with van der Waals surface area (Å²) in [5.74, 6) is 2.51. The van der Waals surface area contributed by atoms with Crippen LogP contribution >= 0.6 is 23.2 Å². The number of hydrogen-bond donors (Lipinski definition) is 2. The fraction of sp³-hybridized carbons (Fsp3) is 0.526. The van der Waals surface area contributed by atoms with E-state index in [0.717, 1.165) is 101 Å². The van der Waals surface area contributed by atoms with Crippen LogP contribution in [0.15, 0.2) is 48.7 Å². The third-order valence-electron chi connectivity index (χ3n) is 9.70. The van der Waals surface area contributed by atoms with E-state index in [4.69, 9.17) is 42.6 Å². The van der Waals surface area contributed by atoms with Crippen molar-refractivity contribution in [1.29, 1.82) is 0 Å². The average Bonchev–Trinajstić information content (AvgIpc) is 3.05. The molecule has 1 aliphatic carbocycles. The molecule has 51 heavy (non-hydrogen) atoms. The lowest BCUT2D eigenvalue weighted by Gasteiger charge is -2.46. The van der Waals surface area contributed by atoms with Crippen LogP contribution in [0.3, 0.4) is 0 Å². The number of rotatable bonds is 10. The molecule has 1 saturated carbocycles. The van der Waals surface area contributed by atoms with E-state index in [1.165, 1.54) is 0 Å². The molecule has 0 unspecified atom stereocenters. The fourth-order valence-electron chi connectivity index (χ4n) is 6.98. The van der Waals surface area contributed by atoms with E-state index in [9.17, 15) is 9.59 Å². The minimum Gasteiger partial charge on any atom is -0.444 e. The second kappa shape index (κ2) is 16.4. The lowest BCUT2D eigenvalue weighted by Crippen LogP contribution is -2.58. The number of piperidine rings is 1. The first kappa shape index (κ1) is 37.1. The van der Waals surface area contributed by atoms with Gasteiger partial charge in [0.2, 0.25) is 11.8 Å². The van der Waals surface area contributed by atoms with Crippen LogP contribution in [-0.2, 0) is 16.1 Å². The zero-order valence-corrected chi connectivity index (χ0v) is 31.5. The van der Waals surface area contributed by atoms with Crippen molar-refractivity contribution in [2.75, 3.05) is 50.7 Å². The average molecular weight is 739 g/mol. The Labute approximate surface area is 311 Å². The lowest BCUT2D eigenvalue weighted by molar-refractivity contribution is -0.119. The van der Waals surface area contributed by atoms with Crippen LogP contribution in [0.4, 0.5) is 10.6 Å². The van der Waals surface area contributed by atoms with E-state index >= 15 is 0 Å². The van der Waals surface area contributed by atoms with Crippen LogP contribution in [0.25, 0.3) is 11.3 Å². The summed E-state index contributed by atoms with van der Waals surface area (Å²) in [5, 5.41) is 7.04. The first-order valence-electron chi connectivity index (χ1n) is 17.9. The number of halogens is 2. The summed E-state index contributed by atoms with van der Waals surface area (Å²) in [6, 6.07) is 14.1. The number of anilines is 1. The highest BCUT2D eigenvalue weighted by molar-refractivity contribution is 6.35. The molecule has 11 nitrogen and oxygen atoms in total. The van der Waals surface area contributed by atoms with Crippen molar-refractivity contribution >= 4 is 41.0 Å². The van der Waals surface area contributed by atoms with Gasteiger partial charge in [0.25, 0.3) is 0 Å². The maximum absolute atomic E-state index is 12.1. The smallest absolute Gasteiger partial charge is 0.407 e. The summed E-state index contributed by atoms with van der Waals surface area (Å²) in [6.07, 6.45) is 5.38. The fourth-order valence-corrected chi connectivity index (χ4v) is 7.51. The number of carbonyl (C=O) groups is 2. The minimum atomic E-state index is -0.490. The molecule has 2 N–H and O–H groups in total. The molecule has 3 aromatic rings. The molecule has 3 aliphatic rings. The Morgan fingerprint density at radius 3 is 2.27 bits per heavy atom. The summed E-state index contributed by atoms with van der Waals surface area (Å²) in [6.45, 7) is 14.2. The van der Waals surface area contributed by atoms with Gasteiger partial charge in [-0.05, 0) is 107 Å². The highest BCUT2D eigenvalue weighted by atomic mass is 35.5. The molecule has 2 amide bonds. The zero-order chi connectivity index (χ0) is 36.1. The number of piperazine rings is 1. The van der Waals surface area contributed by atoms with Crippen LogP contribution in [0.5, 0.6) is 11.6 Å². The predicted octanol–water partition coefficient (Wildman–Crippen LogP) is 6.77. The van der Waals surface area contributed by atoms with Gasteiger partial charge in [0.15, 0.2) is 0 Å². The SMILES string of the molecule is CC(=O)NCC1CCN(Cc2cc(Oc3ccc(N4CCN(C5CC(NC(=O)OC(C)(C)C)C5)CC4)nc3)nc(-c3cc(Cl)cc(Cl)c3)c2)CC1. The van der Waals surface area contributed by atoms with Crippen molar-refractivity contribution in [1.82, 2.24) is 30.4 Å². The van der Waals surface area contributed by atoms with E-state index in [1.807, 2.05) is 51.1 Å². The normalized spacial score (nSPS) is 20.4. The first-order valence-corrected chi connectivity index (χ1v) is 18.7. The van der Waals surface area contributed by atoms with Gasteiger partial charge in [-0.15, -0.1) is 0 Å². The molecule has 13 heteroatoms. The maximum Gasteiger partial charge on any atom is 0.407 e. The van der Waals surface area contributed by atoms with E-state index in [2.05, 4.69) is 31.4 Å². The number of pyridine rings is 2. The molecule has 2 aliphatic heterocycles. The highest BCUT2D eigenvalue weighted by Crippen LogP contribution is 2.32. The second-order valence-corrected chi connectivity index (χ2v) is 15.8. The number of hydrogen-bond acceptors (Lipinski definition) is 9. The molecule has 2 aromatic heterocycles. The van der Waals surface area contributed by atoms with Gasteiger partial charge in [0, 0.05) is 80.0 Å². The van der Waals surface area contributed by atoms with Gasteiger partial charge in [-0.2, -0.15) is 0 Å². The Bertz CT molecular complexity index is 1640. The molecule has 2 saturated heterocycles. The quantitative estimate of drug-likeness (QED) is 0.233. The summed E-state index contributed by atoms with van der Waals surface area (Å²) < 4.78 is 11.7. The number of aromatic nitrogens is 2. The summed E-state index contributed by atoms with van der Waals surface area (Å²) >= 11 is 12.7. The largest absolute Gasteiger partial charge is 0.444 e. The Kier molecular flexibility index (Phi) is 11.9. The van der Waals surface area contributed by atoms with Gasteiger partial charge in [0.1, 0.15) is 17.2 Å². The Morgan fingerprint density at radius 1 is 0.941 bits per heavy atom. The van der Waals surface area contributed by atoms with Crippen molar-refractivity contribution in [3.8, 4) is 22.9 Å². The van der Waals surface area contributed by atoms with Gasteiger partial charge < -0.3 is 25.0 Å². The van der Waals surface area contributed by atoms with Crippen molar-refractivity contribution in [3.63, 3.8) is 0 Å². The molecule has 274 valence electrons. The third-order valence-corrected chi connectivity index (χ3v) is 10.1. The maximum atomic E-state index is 12.1. The van der Waals surface area contributed by atoms with Crippen molar-refractivity contribution in [2.24, 2.45) is 5.92 Å². The number of carbonyl (C=O) groups excluding carboxylic acids is 2.